The van der Waals surface area contributed by atoms with Gasteiger partial charge in [0.2, 0.25) is 15.5 Å². The van der Waals surface area contributed by atoms with Gasteiger partial charge >= 0.3 is 0 Å². The summed E-state index contributed by atoms with van der Waals surface area (Å²) in [6, 6.07) is 27.6. The zero-order valence-electron chi connectivity index (χ0n) is 19.7. The van der Waals surface area contributed by atoms with Gasteiger partial charge in [0.25, 0.3) is 5.91 Å². The lowest BCUT2D eigenvalue weighted by Crippen LogP contribution is -2.37. The largest absolute Gasteiger partial charge is 0.502 e. The first kappa shape index (κ1) is 25.7. The third-order valence-electron chi connectivity index (χ3n) is 5.58. The van der Waals surface area contributed by atoms with Gasteiger partial charge in [0, 0.05) is 25.4 Å². The summed E-state index contributed by atoms with van der Waals surface area (Å²) in [5, 5.41) is 13.1. The van der Waals surface area contributed by atoms with Gasteiger partial charge in [0.1, 0.15) is 0 Å². The number of rotatable bonds is 10. The number of pyridine rings is 1. The molecule has 9 nitrogen and oxygen atoms in total. The summed E-state index contributed by atoms with van der Waals surface area (Å²) in [5.41, 5.74) is 3.99. The molecule has 10 heteroatoms. The predicted molar refractivity (Wildman–Crippen MR) is 140 cm³/mol. The zero-order valence-corrected chi connectivity index (χ0v) is 20.6. The van der Waals surface area contributed by atoms with Crippen molar-refractivity contribution in [2.45, 2.75) is 10.9 Å². The van der Waals surface area contributed by atoms with Crippen molar-refractivity contribution in [2.75, 3.05) is 18.5 Å². The van der Waals surface area contributed by atoms with Gasteiger partial charge in [-0.15, -0.1) is 0 Å². The molecule has 4 aromatic rings. The van der Waals surface area contributed by atoms with Gasteiger partial charge in [0.15, 0.2) is 11.4 Å². The molecule has 0 radical (unpaired) electrons. The number of nitrogens with zero attached hydrogens (tertiary/aromatic N) is 1. The molecule has 0 saturated carbocycles. The summed E-state index contributed by atoms with van der Waals surface area (Å²) in [7, 11) is -3.74. The third kappa shape index (κ3) is 6.24. The van der Waals surface area contributed by atoms with Gasteiger partial charge in [-0.25, -0.2) is 13.1 Å². The van der Waals surface area contributed by atoms with Crippen molar-refractivity contribution in [2.24, 2.45) is 0 Å². The number of aromatic hydroxyl groups is 1. The predicted octanol–water partition coefficient (Wildman–Crippen LogP) is 2.60. The molecule has 1 aromatic heterocycles. The quantitative estimate of drug-likeness (QED) is 0.239. The SMILES string of the molecule is O=C(NCCNS(=O)(=O)c1ccccc1)c1c(O)c(=O)ccn1NC(c1ccccc1)c1ccccc1. The van der Waals surface area contributed by atoms with E-state index in [1.807, 2.05) is 60.7 Å². The lowest BCUT2D eigenvalue weighted by atomic mass is 9.99. The maximum Gasteiger partial charge on any atom is 0.273 e. The molecule has 0 saturated heterocycles. The van der Waals surface area contributed by atoms with Crippen LogP contribution in [0.15, 0.2) is 113 Å². The second kappa shape index (κ2) is 11.5. The first-order valence-corrected chi connectivity index (χ1v) is 13.0. The van der Waals surface area contributed by atoms with Gasteiger partial charge in [-0.1, -0.05) is 78.9 Å². The molecule has 0 aliphatic heterocycles. The molecule has 4 rings (SSSR count). The van der Waals surface area contributed by atoms with E-state index in [0.717, 1.165) is 17.2 Å². The van der Waals surface area contributed by atoms with Crippen molar-refractivity contribution in [3.05, 3.63) is 130 Å². The van der Waals surface area contributed by atoms with Crippen LogP contribution in [0.3, 0.4) is 0 Å². The van der Waals surface area contributed by atoms with Gasteiger partial charge in [-0.05, 0) is 23.3 Å². The molecule has 0 spiro atoms. The van der Waals surface area contributed by atoms with Gasteiger partial charge in [-0.3, -0.25) is 14.3 Å². The summed E-state index contributed by atoms with van der Waals surface area (Å²) >= 11 is 0. The van der Waals surface area contributed by atoms with E-state index in [1.165, 1.54) is 23.0 Å². The number of hydrogen-bond acceptors (Lipinski definition) is 6. The molecule has 4 N–H and O–H groups in total. The van der Waals surface area contributed by atoms with E-state index in [4.69, 9.17) is 0 Å². The maximum absolute atomic E-state index is 13.0. The van der Waals surface area contributed by atoms with Crippen LogP contribution in [0.2, 0.25) is 0 Å². The fourth-order valence-electron chi connectivity index (χ4n) is 3.75. The van der Waals surface area contributed by atoms with Crippen LogP contribution < -0.4 is 20.9 Å². The number of nitrogens with one attached hydrogen (secondary N) is 3. The van der Waals surface area contributed by atoms with Crippen LogP contribution in [0.25, 0.3) is 0 Å². The van der Waals surface area contributed by atoms with Crippen LogP contribution in [-0.2, 0) is 10.0 Å². The summed E-state index contributed by atoms with van der Waals surface area (Å²) in [5.74, 6) is -1.47. The van der Waals surface area contributed by atoms with Crippen molar-refractivity contribution < 1.29 is 18.3 Å². The van der Waals surface area contributed by atoms with Gasteiger partial charge in [0.05, 0.1) is 10.9 Å². The van der Waals surface area contributed by atoms with Crippen LogP contribution in [0.1, 0.15) is 27.7 Å². The number of carbonyl (C=O) groups excluding carboxylic acids is 1. The Kier molecular flexibility index (Phi) is 8.02. The molecule has 190 valence electrons. The van der Waals surface area contributed by atoms with Gasteiger partial charge in [-0.2, -0.15) is 0 Å². The van der Waals surface area contributed by atoms with Crippen molar-refractivity contribution in [1.29, 1.82) is 0 Å². The highest BCUT2D eigenvalue weighted by Gasteiger charge is 2.22. The summed E-state index contributed by atoms with van der Waals surface area (Å²) in [6.07, 6.45) is 1.37. The Morgan fingerprint density at radius 3 is 1.92 bits per heavy atom. The molecule has 0 fully saturated rings. The Bertz CT molecular complexity index is 1470. The molecule has 37 heavy (non-hydrogen) atoms. The van der Waals surface area contributed by atoms with E-state index in [1.54, 1.807) is 18.2 Å². The van der Waals surface area contributed by atoms with E-state index in [-0.39, 0.29) is 23.7 Å². The van der Waals surface area contributed by atoms with E-state index >= 15 is 0 Å². The second-order valence-electron chi connectivity index (χ2n) is 8.10. The van der Waals surface area contributed by atoms with Crippen molar-refractivity contribution in [1.82, 2.24) is 14.7 Å². The standard InChI is InChI=1S/C27H26N4O5S/c32-23-16-19-31(30-24(20-10-4-1-5-11-20)21-12-6-2-7-13-21)25(26(23)33)27(34)28-17-18-29-37(35,36)22-14-8-3-9-15-22/h1-16,19,24,29-30,33H,17-18H2,(H,28,34). The number of hydrogen-bond donors (Lipinski definition) is 4. The lowest BCUT2D eigenvalue weighted by Gasteiger charge is -2.25. The number of aromatic nitrogens is 1. The molecule has 0 unspecified atom stereocenters. The Labute approximate surface area is 214 Å². The average molecular weight is 519 g/mol. The summed E-state index contributed by atoms with van der Waals surface area (Å²) in [6.45, 7) is -0.168. The van der Waals surface area contributed by atoms with E-state index in [9.17, 15) is 23.1 Å². The topological polar surface area (TPSA) is 130 Å². The first-order valence-electron chi connectivity index (χ1n) is 11.5. The molecule has 0 atom stereocenters. The molecule has 1 amide bonds. The molecule has 1 heterocycles. The Hall–Kier alpha value is -4.41. The molecular formula is C27H26N4O5S. The minimum absolute atomic E-state index is 0.0752. The lowest BCUT2D eigenvalue weighted by molar-refractivity contribution is 0.0942. The number of carbonyl (C=O) groups is 1. The maximum atomic E-state index is 13.0. The van der Waals surface area contributed by atoms with Crippen molar-refractivity contribution in [3.8, 4) is 5.75 Å². The van der Waals surface area contributed by atoms with Crippen molar-refractivity contribution in [3.63, 3.8) is 0 Å². The molecular weight excluding hydrogens is 492 g/mol. The number of benzene rings is 3. The number of sulfonamides is 1. The van der Waals surface area contributed by atoms with Crippen molar-refractivity contribution >= 4 is 15.9 Å². The Morgan fingerprint density at radius 1 is 0.811 bits per heavy atom. The molecule has 3 aromatic carbocycles. The van der Waals surface area contributed by atoms with E-state index in [2.05, 4.69) is 15.5 Å². The normalized spacial score (nSPS) is 11.3. The first-order chi connectivity index (χ1) is 17.9. The molecule has 0 aliphatic carbocycles. The van der Waals surface area contributed by atoms with E-state index in [0.29, 0.717) is 0 Å². The Balaban J connectivity index is 1.53. The average Bonchev–Trinajstić information content (AvgIpc) is 2.93. The van der Waals surface area contributed by atoms with Crippen LogP contribution in [0, 0.1) is 0 Å². The minimum atomic E-state index is -3.74. The van der Waals surface area contributed by atoms with Crippen LogP contribution in [0.5, 0.6) is 5.75 Å². The second-order valence-corrected chi connectivity index (χ2v) is 9.86. The van der Waals surface area contributed by atoms with Crippen LogP contribution in [0.4, 0.5) is 0 Å². The highest BCUT2D eigenvalue weighted by molar-refractivity contribution is 7.89. The minimum Gasteiger partial charge on any atom is -0.502 e. The monoisotopic (exact) mass is 518 g/mol. The number of amides is 1. The third-order valence-corrected chi connectivity index (χ3v) is 7.06. The van der Waals surface area contributed by atoms with Gasteiger partial charge < -0.3 is 15.8 Å². The van der Waals surface area contributed by atoms with Crippen LogP contribution >= 0.6 is 0 Å². The summed E-state index contributed by atoms with van der Waals surface area (Å²) in [4.78, 5) is 25.3. The summed E-state index contributed by atoms with van der Waals surface area (Å²) < 4.78 is 28.4. The molecule has 0 aliphatic rings. The smallest absolute Gasteiger partial charge is 0.273 e. The highest BCUT2D eigenvalue weighted by Crippen LogP contribution is 2.24. The fourth-order valence-corrected chi connectivity index (χ4v) is 4.80. The van der Waals surface area contributed by atoms with Crippen LogP contribution in [-0.4, -0.2) is 37.2 Å². The highest BCUT2D eigenvalue weighted by atomic mass is 32.2. The van der Waals surface area contributed by atoms with E-state index < -0.39 is 33.2 Å². The Morgan fingerprint density at radius 2 is 1.35 bits per heavy atom. The fraction of sp³-hybridized carbons (Fsp3) is 0.111. The molecule has 0 bridgehead atoms. The zero-order chi connectivity index (χ0) is 26.3.